The Hall–Kier alpha value is -1.71. The summed E-state index contributed by atoms with van der Waals surface area (Å²) in [6, 6.07) is 7.56. The van der Waals surface area contributed by atoms with Crippen molar-refractivity contribution in [1.82, 2.24) is 0 Å². The highest BCUT2D eigenvalue weighted by atomic mass is 16.5. The molecule has 4 heteroatoms. The minimum atomic E-state index is -0.813. The zero-order valence-electron chi connectivity index (χ0n) is 9.22. The van der Waals surface area contributed by atoms with E-state index in [-0.39, 0.29) is 12.6 Å². The van der Waals surface area contributed by atoms with Crippen LogP contribution in [0, 0.1) is 0 Å². The third-order valence-electron chi connectivity index (χ3n) is 2.71. The standard InChI is InChI=1S/C12H15NO3/c1-2-9-7-13(8-12(14)15)10-5-3-4-6-11(10)16-9/h3-6,9H,2,7-8H2,1H3,(H,14,15). The molecule has 1 aromatic carbocycles. The SMILES string of the molecule is CCC1CN(CC(=O)O)c2ccccc2O1. The minimum absolute atomic E-state index is 0.0247. The molecule has 1 atom stereocenters. The maximum atomic E-state index is 10.8. The van der Waals surface area contributed by atoms with Gasteiger partial charge in [-0.05, 0) is 18.6 Å². The van der Waals surface area contributed by atoms with Crippen LogP contribution in [0.4, 0.5) is 5.69 Å². The van der Waals surface area contributed by atoms with Crippen molar-refractivity contribution in [2.24, 2.45) is 0 Å². The first-order valence-electron chi connectivity index (χ1n) is 5.43. The molecule has 1 aliphatic rings. The quantitative estimate of drug-likeness (QED) is 0.844. The summed E-state index contributed by atoms with van der Waals surface area (Å²) >= 11 is 0. The van der Waals surface area contributed by atoms with E-state index in [2.05, 4.69) is 0 Å². The summed E-state index contributed by atoms with van der Waals surface area (Å²) in [5.41, 5.74) is 0.870. The second-order valence-electron chi connectivity index (χ2n) is 3.89. The number of carboxylic acids is 1. The van der Waals surface area contributed by atoms with Crippen molar-refractivity contribution in [3.8, 4) is 5.75 Å². The van der Waals surface area contributed by atoms with Crippen molar-refractivity contribution in [3.05, 3.63) is 24.3 Å². The fraction of sp³-hybridized carbons (Fsp3) is 0.417. The number of rotatable bonds is 3. The molecule has 1 unspecified atom stereocenters. The van der Waals surface area contributed by atoms with E-state index < -0.39 is 5.97 Å². The first-order chi connectivity index (χ1) is 7.70. The Morgan fingerprint density at radius 1 is 1.56 bits per heavy atom. The normalized spacial score (nSPS) is 18.8. The lowest BCUT2D eigenvalue weighted by atomic mass is 10.1. The number of carbonyl (C=O) groups is 1. The molecule has 0 fully saturated rings. The Morgan fingerprint density at radius 2 is 2.31 bits per heavy atom. The molecule has 0 saturated heterocycles. The van der Waals surface area contributed by atoms with Gasteiger partial charge in [0.05, 0.1) is 12.2 Å². The zero-order chi connectivity index (χ0) is 11.5. The van der Waals surface area contributed by atoms with E-state index in [0.717, 1.165) is 17.9 Å². The third kappa shape index (κ3) is 2.10. The van der Waals surface area contributed by atoms with Gasteiger partial charge in [0.2, 0.25) is 0 Å². The number of ether oxygens (including phenoxy) is 1. The van der Waals surface area contributed by atoms with Crippen LogP contribution in [0.25, 0.3) is 0 Å². The summed E-state index contributed by atoms with van der Waals surface area (Å²) in [5, 5.41) is 8.87. The molecule has 0 amide bonds. The molecule has 16 heavy (non-hydrogen) atoms. The van der Waals surface area contributed by atoms with Crippen LogP contribution >= 0.6 is 0 Å². The smallest absolute Gasteiger partial charge is 0.323 e. The summed E-state index contributed by atoms with van der Waals surface area (Å²) < 4.78 is 5.76. The van der Waals surface area contributed by atoms with E-state index in [0.29, 0.717) is 6.54 Å². The third-order valence-corrected chi connectivity index (χ3v) is 2.71. The maximum Gasteiger partial charge on any atom is 0.323 e. The monoisotopic (exact) mass is 221 g/mol. The fourth-order valence-electron chi connectivity index (χ4n) is 1.90. The topological polar surface area (TPSA) is 49.8 Å². The van der Waals surface area contributed by atoms with E-state index in [9.17, 15) is 4.79 Å². The molecule has 1 aromatic rings. The van der Waals surface area contributed by atoms with Gasteiger partial charge in [-0.3, -0.25) is 4.79 Å². The van der Waals surface area contributed by atoms with Crippen molar-refractivity contribution < 1.29 is 14.6 Å². The molecule has 1 heterocycles. The molecule has 0 saturated carbocycles. The van der Waals surface area contributed by atoms with Gasteiger partial charge in [0.1, 0.15) is 18.4 Å². The summed E-state index contributed by atoms with van der Waals surface area (Å²) in [6.07, 6.45) is 0.957. The Morgan fingerprint density at radius 3 is 3.00 bits per heavy atom. The number of aliphatic carboxylic acids is 1. The molecule has 0 aliphatic carbocycles. The molecule has 0 spiro atoms. The molecule has 1 aliphatic heterocycles. The Labute approximate surface area is 94.4 Å². The van der Waals surface area contributed by atoms with Gasteiger partial charge in [0.15, 0.2) is 0 Å². The lowest BCUT2D eigenvalue weighted by molar-refractivity contribution is -0.135. The van der Waals surface area contributed by atoms with Gasteiger partial charge < -0.3 is 14.7 Å². The fourth-order valence-corrected chi connectivity index (χ4v) is 1.90. The van der Waals surface area contributed by atoms with Gasteiger partial charge in [-0.1, -0.05) is 19.1 Å². The summed E-state index contributed by atoms with van der Waals surface area (Å²) in [5.74, 6) is -0.0339. The molecule has 2 rings (SSSR count). The van der Waals surface area contributed by atoms with E-state index in [1.54, 1.807) is 0 Å². The lowest BCUT2D eigenvalue weighted by Gasteiger charge is -2.34. The number of nitrogens with zero attached hydrogens (tertiary/aromatic N) is 1. The van der Waals surface area contributed by atoms with E-state index in [1.165, 1.54) is 0 Å². The van der Waals surface area contributed by atoms with Gasteiger partial charge in [0.25, 0.3) is 0 Å². The molecular weight excluding hydrogens is 206 g/mol. The number of hydrogen-bond acceptors (Lipinski definition) is 3. The lowest BCUT2D eigenvalue weighted by Crippen LogP contribution is -2.42. The molecular formula is C12H15NO3. The van der Waals surface area contributed by atoms with Crippen LogP contribution < -0.4 is 9.64 Å². The van der Waals surface area contributed by atoms with Crippen LogP contribution in [-0.2, 0) is 4.79 Å². The molecule has 0 bridgehead atoms. The van der Waals surface area contributed by atoms with Crippen molar-refractivity contribution in [2.75, 3.05) is 18.0 Å². The van der Waals surface area contributed by atoms with Gasteiger partial charge in [-0.2, -0.15) is 0 Å². The molecule has 4 nitrogen and oxygen atoms in total. The van der Waals surface area contributed by atoms with Crippen LogP contribution in [0.2, 0.25) is 0 Å². The van der Waals surface area contributed by atoms with E-state index in [1.807, 2.05) is 36.1 Å². The largest absolute Gasteiger partial charge is 0.486 e. The van der Waals surface area contributed by atoms with E-state index >= 15 is 0 Å². The first kappa shape index (κ1) is 10.8. The van der Waals surface area contributed by atoms with Crippen molar-refractivity contribution in [3.63, 3.8) is 0 Å². The molecule has 86 valence electrons. The zero-order valence-corrected chi connectivity index (χ0v) is 9.22. The highest BCUT2D eigenvalue weighted by molar-refractivity contribution is 5.75. The Balaban J connectivity index is 2.27. The van der Waals surface area contributed by atoms with Gasteiger partial charge in [-0.25, -0.2) is 0 Å². The predicted octanol–water partition coefficient (Wildman–Crippen LogP) is 1.75. The number of carboxylic acid groups (broad SMARTS) is 1. The second kappa shape index (κ2) is 4.43. The van der Waals surface area contributed by atoms with E-state index in [4.69, 9.17) is 9.84 Å². The summed E-state index contributed by atoms with van der Waals surface area (Å²) in [4.78, 5) is 12.6. The molecule has 0 aromatic heterocycles. The number of para-hydroxylation sites is 2. The van der Waals surface area contributed by atoms with Crippen molar-refractivity contribution in [2.45, 2.75) is 19.4 Å². The summed E-state index contributed by atoms with van der Waals surface area (Å²) in [6.45, 7) is 2.70. The maximum absolute atomic E-state index is 10.8. The van der Waals surface area contributed by atoms with Crippen LogP contribution in [0.3, 0.4) is 0 Å². The first-order valence-corrected chi connectivity index (χ1v) is 5.43. The van der Waals surface area contributed by atoms with Crippen LogP contribution in [0.15, 0.2) is 24.3 Å². The number of benzene rings is 1. The van der Waals surface area contributed by atoms with Crippen LogP contribution in [0.1, 0.15) is 13.3 Å². The predicted molar refractivity (Wildman–Crippen MR) is 61.0 cm³/mol. The van der Waals surface area contributed by atoms with Crippen LogP contribution in [-0.4, -0.2) is 30.3 Å². The van der Waals surface area contributed by atoms with Gasteiger partial charge >= 0.3 is 5.97 Å². The number of anilines is 1. The number of fused-ring (bicyclic) bond motifs is 1. The van der Waals surface area contributed by atoms with Crippen LogP contribution in [0.5, 0.6) is 5.75 Å². The number of hydrogen-bond donors (Lipinski definition) is 1. The van der Waals surface area contributed by atoms with Gasteiger partial charge in [-0.15, -0.1) is 0 Å². The Bertz CT molecular complexity index is 392. The minimum Gasteiger partial charge on any atom is -0.486 e. The highest BCUT2D eigenvalue weighted by Gasteiger charge is 2.25. The van der Waals surface area contributed by atoms with Crippen molar-refractivity contribution >= 4 is 11.7 Å². The second-order valence-corrected chi connectivity index (χ2v) is 3.89. The molecule has 1 N–H and O–H groups in total. The molecule has 0 radical (unpaired) electrons. The van der Waals surface area contributed by atoms with Gasteiger partial charge in [0, 0.05) is 0 Å². The average Bonchev–Trinajstić information content (AvgIpc) is 2.28. The average molecular weight is 221 g/mol. The highest BCUT2D eigenvalue weighted by Crippen LogP contribution is 2.33. The Kier molecular flexibility index (Phi) is 2.99. The summed E-state index contributed by atoms with van der Waals surface area (Å²) in [7, 11) is 0. The van der Waals surface area contributed by atoms with Crippen molar-refractivity contribution in [1.29, 1.82) is 0 Å².